The summed E-state index contributed by atoms with van der Waals surface area (Å²) >= 11 is 1.49. The van der Waals surface area contributed by atoms with E-state index in [0.29, 0.717) is 25.3 Å². The topological polar surface area (TPSA) is 55.8 Å². The van der Waals surface area contributed by atoms with Crippen molar-refractivity contribution < 1.29 is 19.1 Å². The van der Waals surface area contributed by atoms with Crippen molar-refractivity contribution in [3.63, 3.8) is 0 Å². The minimum absolute atomic E-state index is 0.00517. The molecule has 1 aromatic heterocycles. The maximum absolute atomic E-state index is 12.1. The molecule has 0 spiro atoms. The first-order valence-corrected chi connectivity index (χ1v) is 6.65. The zero-order valence-electron chi connectivity index (χ0n) is 10.1. The number of methoxy groups -OCH3 is 1. The van der Waals surface area contributed by atoms with Crippen LogP contribution in [0.4, 0.5) is 0 Å². The first-order chi connectivity index (χ1) is 8.70. The first kappa shape index (κ1) is 13.0. The van der Waals surface area contributed by atoms with Gasteiger partial charge in [0.2, 0.25) is 0 Å². The van der Waals surface area contributed by atoms with Crippen LogP contribution in [0.25, 0.3) is 0 Å². The van der Waals surface area contributed by atoms with Gasteiger partial charge in [0, 0.05) is 18.5 Å². The van der Waals surface area contributed by atoms with E-state index in [1.807, 2.05) is 10.8 Å². The second-order valence-corrected chi connectivity index (χ2v) is 4.82. The van der Waals surface area contributed by atoms with Crippen molar-refractivity contribution in [2.75, 3.05) is 26.8 Å². The molecule has 2 rings (SSSR count). The van der Waals surface area contributed by atoms with Gasteiger partial charge >= 0.3 is 5.97 Å². The normalized spacial score (nSPS) is 19.6. The van der Waals surface area contributed by atoms with E-state index in [-0.39, 0.29) is 24.4 Å². The Morgan fingerprint density at radius 1 is 1.61 bits per heavy atom. The minimum atomic E-state index is -0.315. The number of rotatable bonds is 3. The van der Waals surface area contributed by atoms with E-state index in [1.165, 1.54) is 18.4 Å². The molecular formula is C12H15NO4S. The number of hydrogen-bond donors (Lipinski definition) is 0. The van der Waals surface area contributed by atoms with Gasteiger partial charge in [-0.2, -0.15) is 11.3 Å². The SMILES string of the molecule is COC(=O)CC1CN(C(=O)c2ccsc2)CCO1. The summed E-state index contributed by atoms with van der Waals surface area (Å²) in [5.74, 6) is -0.320. The Labute approximate surface area is 109 Å². The van der Waals surface area contributed by atoms with Crippen LogP contribution >= 0.6 is 11.3 Å². The van der Waals surface area contributed by atoms with Gasteiger partial charge in [-0.3, -0.25) is 9.59 Å². The molecule has 0 aliphatic carbocycles. The molecule has 1 amide bonds. The average Bonchev–Trinajstić information content (AvgIpc) is 2.92. The Morgan fingerprint density at radius 3 is 3.11 bits per heavy atom. The molecule has 98 valence electrons. The van der Waals surface area contributed by atoms with Crippen LogP contribution in [0.5, 0.6) is 0 Å². The van der Waals surface area contributed by atoms with E-state index in [0.717, 1.165) is 0 Å². The van der Waals surface area contributed by atoms with Crippen LogP contribution in [0, 0.1) is 0 Å². The molecule has 0 N–H and O–H groups in total. The molecule has 2 heterocycles. The molecule has 1 saturated heterocycles. The number of ether oxygens (including phenoxy) is 2. The lowest BCUT2D eigenvalue weighted by Crippen LogP contribution is -2.46. The standard InChI is InChI=1S/C12H15NO4S/c1-16-11(14)6-10-7-13(3-4-17-10)12(15)9-2-5-18-8-9/h2,5,8,10H,3-4,6-7H2,1H3. The van der Waals surface area contributed by atoms with Crippen LogP contribution in [0.2, 0.25) is 0 Å². The van der Waals surface area contributed by atoms with Gasteiger partial charge in [-0.25, -0.2) is 0 Å². The van der Waals surface area contributed by atoms with Gasteiger partial charge in [-0.15, -0.1) is 0 Å². The third kappa shape index (κ3) is 3.08. The number of carbonyl (C=O) groups is 2. The van der Waals surface area contributed by atoms with E-state index in [4.69, 9.17) is 4.74 Å². The Balaban J connectivity index is 1.94. The van der Waals surface area contributed by atoms with Crippen molar-refractivity contribution in [3.8, 4) is 0 Å². The highest BCUT2D eigenvalue weighted by Gasteiger charge is 2.26. The predicted octanol–water partition coefficient (Wildman–Crippen LogP) is 1.15. The number of hydrogen-bond acceptors (Lipinski definition) is 5. The molecule has 1 aliphatic heterocycles. The highest BCUT2D eigenvalue weighted by atomic mass is 32.1. The van der Waals surface area contributed by atoms with E-state index < -0.39 is 0 Å². The molecule has 0 aromatic carbocycles. The minimum Gasteiger partial charge on any atom is -0.469 e. The largest absolute Gasteiger partial charge is 0.469 e. The van der Waals surface area contributed by atoms with E-state index in [9.17, 15) is 9.59 Å². The zero-order valence-corrected chi connectivity index (χ0v) is 10.9. The van der Waals surface area contributed by atoms with Gasteiger partial charge in [-0.05, 0) is 11.4 Å². The molecule has 1 fully saturated rings. The number of esters is 1. The van der Waals surface area contributed by atoms with Gasteiger partial charge < -0.3 is 14.4 Å². The lowest BCUT2D eigenvalue weighted by Gasteiger charge is -2.32. The summed E-state index contributed by atoms with van der Waals surface area (Å²) in [4.78, 5) is 25.0. The summed E-state index contributed by atoms with van der Waals surface area (Å²) in [5.41, 5.74) is 0.693. The summed E-state index contributed by atoms with van der Waals surface area (Å²) in [6, 6.07) is 1.80. The van der Waals surface area contributed by atoms with Crippen LogP contribution in [-0.2, 0) is 14.3 Å². The molecule has 0 radical (unpaired) electrons. The molecule has 18 heavy (non-hydrogen) atoms. The van der Waals surface area contributed by atoms with Crippen molar-refractivity contribution in [1.29, 1.82) is 0 Å². The second-order valence-electron chi connectivity index (χ2n) is 4.04. The molecule has 6 heteroatoms. The Kier molecular flexibility index (Phi) is 4.33. The number of thiophene rings is 1. The van der Waals surface area contributed by atoms with E-state index in [2.05, 4.69) is 4.74 Å². The zero-order chi connectivity index (χ0) is 13.0. The fourth-order valence-corrected chi connectivity index (χ4v) is 2.49. The van der Waals surface area contributed by atoms with Gasteiger partial charge in [0.15, 0.2) is 0 Å². The van der Waals surface area contributed by atoms with Crippen LogP contribution < -0.4 is 0 Å². The summed E-state index contributed by atoms with van der Waals surface area (Å²) < 4.78 is 10.1. The lowest BCUT2D eigenvalue weighted by atomic mass is 10.2. The number of morpholine rings is 1. The van der Waals surface area contributed by atoms with Crippen molar-refractivity contribution in [3.05, 3.63) is 22.4 Å². The molecule has 1 atom stereocenters. The molecule has 0 saturated carbocycles. The quantitative estimate of drug-likeness (QED) is 0.772. The van der Waals surface area contributed by atoms with E-state index in [1.54, 1.807) is 11.0 Å². The van der Waals surface area contributed by atoms with Gasteiger partial charge in [0.05, 0.1) is 31.8 Å². The number of amides is 1. The molecule has 1 aromatic rings. The molecule has 5 nitrogen and oxygen atoms in total. The van der Waals surface area contributed by atoms with Crippen LogP contribution in [0.3, 0.4) is 0 Å². The third-order valence-corrected chi connectivity index (χ3v) is 3.50. The smallest absolute Gasteiger partial charge is 0.308 e. The van der Waals surface area contributed by atoms with Gasteiger partial charge in [0.25, 0.3) is 5.91 Å². The Hall–Kier alpha value is -1.40. The maximum atomic E-state index is 12.1. The third-order valence-electron chi connectivity index (χ3n) is 2.82. The lowest BCUT2D eigenvalue weighted by molar-refractivity contribution is -0.145. The molecule has 1 unspecified atom stereocenters. The summed E-state index contributed by atoms with van der Waals surface area (Å²) in [7, 11) is 1.35. The Morgan fingerprint density at radius 2 is 2.44 bits per heavy atom. The summed E-state index contributed by atoms with van der Waals surface area (Å²) in [6.45, 7) is 1.45. The van der Waals surface area contributed by atoms with Crippen molar-refractivity contribution in [1.82, 2.24) is 4.90 Å². The summed E-state index contributed by atoms with van der Waals surface area (Å²) in [6.07, 6.45) is -0.0852. The second kappa shape index (κ2) is 5.97. The fourth-order valence-electron chi connectivity index (χ4n) is 1.87. The molecular weight excluding hydrogens is 254 g/mol. The van der Waals surface area contributed by atoms with Crippen LogP contribution in [0.1, 0.15) is 16.8 Å². The van der Waals surface area contributed by atoms with Crippen molar-refractivity contribution in [2.24, 2.45) is 0 Å². The molecule has 1 aliphatic rings. The first-order valence-electron chi connectivity index (χ1n) is 5.70. The van der Waals surface area contributed by atoms with Gasteiger partial charge in [-0.1, -0.05) is 0 Å². The fraction of sp³-hybridized carbons (Fsp3) is 0.500. The molecule has 0 bridgehead atoms. The van der Waals surface area contributed by atoms with E-state index >= 15 is 0 Å². The Bertz CT molecular complexity index is 418. The van der Waals surface area contributed by atoms with Gasteiger partial charge in [0.1, 0.15) is 0 Å². The predicted molar refractivity (Wildman–Crippen MR) is 66.6 cm³/mol. The van der Waals surface area contributed by atoms with Crippen molar-refractivity contribution in [2.45, 2.75) is 12.5 Å². The summed E-state index contributed by atoms with van der Waals surface area (Å²) in [5, 5.41) is 3.70. The van der Waals surface area contributed by atoms with Crippen molar-refractivity contribution >= 4 is 23.2 Å². The highest BCUT2D eigenvalue weighted by molar-refractivity contribution is 7.08. The van der Waals surface area contributed by atoms with Crippen LogP contribution in [-0.4, -0.2) is 49.7 Å². The average molecular weight is 269 g/mol. The number of nitrogens with zero attached hydrogens (tertiary/aromatic N) is 1. The highest BCUT2D eigenvalue weighted by Crippen LogP contribution is 2.14. The maximum Gasteiger partial charge on any atom is 0.308 e. The number of carbonyl (C=O) groups excluding carboxylic acids is 2. The monoisotopic (exact) mass is 269 g/mol. The van der Waals surface area contributed by atoms with Crippen LogP contribution in [0.15, 0.2) is 16.8 Å².